The fourth-order valence-electron chi connectivity index (χ4n) is 4.96. The van der Waals surface area contributed by atoms with Crippen LogP contribution in [-0.4, -0.2) is 44.7 Å². The van der Waals surface area contributed by atoms with Crippen LogP contribution in [0.2, 0.25) is 10.0 Å². The van der Waals surface area contributed by atoms with Crippen molar-refractivity contribution in [2.75, 3.05) is 19.0 Å². The number of hydrogen-bond donors (Lipinski definition) is 3. The fourth-order valence-corrected chi connectivity index (χ4v) is 5.56. The van der Waals surface area contributed by atoms with Crippen LogP contribution in [0.1, 0.15) is 28.9 Å². The number of ether oxygens (including phenoxy) is 1. The SMILES string of the molecule is C=C1CC[C@@H](NCc2ncc(-c3cccc(-c4cccc(NC(=O)c5cn(C)c(=O)n(C)c5=O)c4Cl)c3Cl)nc2OC)CN1. The number of hydrogen-bond acceptors (Lipinski definition) is 8. The lowest BCUT2D eigenvalue weighted by Gasteiger charge is -2.26. The first-order valence-electron chi connectivity index (χ1n) is 13.8. The van der Waals surface area contributed by atoms with Gasteiger partial charge in [-0.05, 0) is 18.9 Å². The molecule has 0 aliphatic carbocycles. The molecule has 1 saturated heterocycles. The highest BCUT2D eigenvalue weighted by Crippen LogP contribution is 2.41. The van der Waals surface area contributed by atoms with E-state index < -0.39 is 17.2 Å². The Morgan fingerprint density at radius 3 is 2.52 bits per heavy atom. The van der Waals surface area contributed by atoms with Gasteiger partial charge in [0.2, 0.25) is 5.88 Å². The number of nitrogens with one attached hydrogen (secondary N) is 3. The van der Waals surface area contributed by atoms with Crippen LogP contribution in [0.15, 0.2) is 70.7 Å². The lowest BCUT2D eigenvalue weighted by Crippen LogP contribution is -2.41. The van der Waals surface area contributed by atoms with E-state index in [9.17, 15) is 14.4 Å². The molecule has 11 nitrogen and oxygen atoms in total. The second-order valence-electron chi connectivity index (χ2n) is 10.4. The number of methoxy groups -OCH3 is 1. The summed E-state index contributed by atoms with van der Waals surface area (Å²) in [5, 5.41) is 10.1. The van der Waals surface area contributed by atoms with Crippen molar-refractivity contribution in [1.29, 1.82) is 0 Å². The zero-order valence-electron chi connectivity index (χ0n) is 24.4. The molecule has 3 heterocycles. The maximum absolute atomic E-state index is 13.0. The first kappa shape index (κ1) is 31.0. The Labute approximate surface area is 263 Å². The molecule has 1 atom stereocenters. The van der Waals surface area contributed by atoms with Gasteiger partial charge in [-0.15, -0.1) is 0 Å². The molecule has 1 fully saturated rings. The average molecular weight is 637 g/mol. The normalized spacial score (nSPS) is 14.7. The van der Waals surface area contributed by atoms with E-state index in [0.717, 1.165) is 34.2 Å². The van der Waals surface area contributed by atoms with Crippen molar-refractivity contribution in [3.63, 3.8) is 0 Å². The smallest absolute Gasteiger partial charge is 0.330 e. The van der Waals surface area contributed by atoms with Gasteiger partial charge in [0.25, 0.3) is 11.5 Å². The van der Waals surface area contributed by atoms with Gasteiger partial charge in [0, 0.05) is 61.8 Å². The van der Waals surface area contributed by atoms with Crippen molar-refractivity contribution in [1.82, 2.24) is 29.7 Å². The standard InChI is InChI=1S/C31H31Cl2N7O4/c1-17-11-12-18(13-34-17)35-15-25-29(44-4)38-24(14-36-25)21-9-5-7-19(26(21)32)20-8-6-10-23(27(20)33)37-28(41)22-16-39(2)31(43)40(3)30(22)42/h5-10,14,16,18,34-35H,1,11-13,15H2,2-4H3,(H,37,41)/t18-/m1/s1. The molecule has 0 spiro atoms. The summed E-state index contributed by atoms with van der Waals surface area (Å²) in [6, 6.07) is 10.8. The van der Waals surface area contributed by atoms with Crippen LogP contribution in [0.25, 0.3) is 22.4 Å². The molecule has 4 aromatic rings. The van der Waals surface area contributed by atoms with Crippen LogP contribution in [0.5, 0.6) is 5.88 Å². The van der Waals surface area contributed by atoms with Gasteiger partial charge in [0.1, 0.15) is 11.3 Å². The second-order valence-corrected chi connectivity index (χ2v) is 11.2. The summed E-state index contributed by atoms with van der Waals surface area (Å²) in [6.45, 7) is 5.26. The predicted molar refractivity (Wildman–Crippen MR) is 171 cm³/mol. The van der Waals surface area contributed by atoms with Gasteiger partial charge in [-0.2, -0.15) is 0 Å². The minimum absolute atomic E-state index is 0.205. The molecule has 3 N–H and O–H groups in total. The van der Waals surface area contributed by atoms with Crippen molar-refractivity contribution in [3.8, 4) is 28.3 Å². The van der Waals surface area contributed by atoms with E-state index in [1.807, 2.05) is 12.1 Å². The molecular formula is C31H31Cl2N7O4. The minimum atomic E-state index is -0.718. The molecule has 1 aliphatic rings. The van der Waals surface area contributed by atoms with Crippen LogP contribution in [-0.2, 0) is 20.6 Å². The number of anilines is 1. The molecule has 0 radical (unpaired) electrons. The molecule has 0 saturated carbocycles. The molecule has 1 amide bonds. The predicted octanol–water partition coefficient (Wildman–Crippen LogP) is 4.13. The fraction of sp³-hybridized carbons (Fsp3) is 0.258. The number of carbonyl (C=O) groups excluding carboxylic acids is 1. The summed E-state index contributed by atoms with van der Waals surface area (Å²) < 4.78 is 7.59. The summed E-state index contributed by atoms with van der Waals surface area (Å²) in [5.41, 5.74) is 2.80. The number of nitrogens with zero attached hydrogens (tertiary/aromatic N) is 4. The number of aryl methyl sites for hydroxylation is 1. The minimum Gasteiger partial charge on any atom is -0.480 e. The Bertz CT molecular complexity index is 1880. The Balaban J connectivity index is 1.41. The third kappa shape index (κ3) is 6.26. The zero-order valence-corrected chi connectivity index (χ0v) is 25.9. The van der Waals surface area contributed by atoms with Crippen LogP contribution in [0.3, 0.4) is 0 Å². The van der Waals surface area contributed by atoms with E-state index >= 15 is 0 Å². The monoisotopic (exact) mass is 635 g/mol. The summed E-state index contributed by atoms with van der Waals surface area (Å²) >= 11 is 13.7. The third-order valence-electron chi connectivity index (χ3n) is 7.46. The first-order valence-corrected chi connectivity index (χ1v) is 14.5. The second kappa shape index (κ2) is 13.0. The summed E-state index contributed by atoms with van der Waals surface area (Å²) in [7, 11) is 4.31. The Hall–Kier alpha value is -4.45. The molecule has 13 heteroatoms. The molecule has 5 rings (SSSR count). The topological polar surface area (TPSA) is 132 Å². The van der Waals surface area contributed by atoms with Gasteiger partial charge < -0.3 is 25.3 Å². The number of benzene rings is 2. The van der Waals surface area contributed by atoms with E-state index in [1.165, 1.54) is 20.3 Å². The number of allylic oxidation sites excluding steroid dienone is 1. The highest BCUT2D eigenvalue weighted by Gasteiger charge is 2.21. The van der Waals surface area contributed by atoms with Crippen molar-refractivity contribution in [2.24, 2.45) is 14.1 Å². The van der Waals surface area contributed by atoms with E-state index in [0.29, 0.717) is 45.5 Å². The van der Waals surface area contributed by atoms with Crippen molar-refractivity contribution in [2.45, 2.75) is 25.4 Å². The highest BCUT2D eigenvalue weighted by molar-refractivity contribution is 6.39. The Kier molecular flexibility index (Phi) is 9.19. The molecule has 228 valence electrons. The van der Waals surface area contributed by atoms with Gasteiger partial charge in [0.05, 0.1) is 34.7 Å². The molecule has 44 heavy (non-hydrogen) atoms. The van der Waals surface area contributed by atoms with Crippen LogP contribution < -0.4 is 31.9 Å². The number of halogens is 2. The van der Waals surface area contributed by atoms with E-state index in [1.54, 1.807) is 37.6 Å². The number of amides is 1. The number of piperidine rings is 1. The summed E-state index contributed by atoms with van der Waals surface area (Å²) in [5.74, 6) is -0.320. The van der Waals surface area contributed by atoms with Crippen LogP contribution >= 0.6 is 23.2 Å². The van der Waals surface area contributed by atoms with E-state index in [4.69, 9.17) is 27.9 Å². The maximum atomic E-state index is 13.0. The van der Waals surface area contributed by atoms with Crippen molar-refractivity contribution in [3.05, 3.63) is 103 Å². The third-order valence-corrected chi connectivity index (χ3v) is 8.27. The lowest BCUT2D eigenvalue weighted by molar-refractivity contribution is 0.102. The number of aromatic nitrogens is 4. The molecular weight excluding hydrogens is 605 g/mol. The first-order chi connectivity index (χ1) is 21.1. The van der Waals surface area contributed by atoms with Crippen LogP contribution in [0, 0.1) is 0 Å². The highest BCUT2D eigenvalue weighted by atomic mass is 35.5. The van der Waals surface area contributed by atoms with Crippen LogP contribution in [0.4, 0.5) is 5.69 Å². The molecule has 2 aromatic carbocycles. The van der Waals surface area contributed by atoms with Gasteiger partial charge in [-0.3, -0.25) is 19.1 Å². The largest absolute Gasteiger partial charge is 0.480 e. The van der Waals surface area contributed by atoms with Crippen molar-refractivity contribution >= 4 is 34.8 Å². The summed E-state index contributed by atoms with van der Waals surface area (Å²) in [4.78, 5) is 46.9. The molecule has 1 aliphatic heterocycles. The van der Waals surface area contributed by atoms with Crippen molar-refractivity contribution < 1.29 is 9.53 Å². The average Bonchev–Trinajstić information content (AvgIpc) is 3.02. The van der Waals surface area contributed by atoms with Gasteiger partial charge >= 0.3 is 5.69 Å². The molecule has 2 aromatic heterocycles. The molecule has 0 unspecified atom stereocenters. The van der Waals surface area contributed by atoms with Gasteiger partial charge in [-0.1, -0.05) is 60.1 Å². The van der Waals surface area contributed by atoms with Gasteiger partial charge in [-0.25, -0.2) is 9.78 Å². The summed E-state index contributed by atoms with van der Waals surface area (Å²) in [6.07, 6.45) is 4.75. The number of rotatable bonds is 8. The van der Waals surface area contributed by atoms with E-state index in [-0.39, 0.29) is 22.3 Å². The van der Waals surface area contributed by atoms with E-state index in [2.05, 4.69) is 32.5 Å². The maximum Gasteiger partial charge on any atom is 0.330 e. The number of carbonyl (C=O) groups is 1. The quantitative estimate of drug-likeness (QED) is 0.263. The van der Waals surface area contributed by atoms with Gasteiger partial charge in [0.15, 0.2) is 0 Å². The Morgan fingerprint density at radius 2 is 1.82 bits per heavy atom. The molecule has 0 bridgehead atoms. The lowest BCUT2D eigenvalue weighted by atomic mass is 10.0. The Morgan fingerprint density at radius 1 is 1.11 bits per heavy atom. The zero-order chi connectivity index (χ0) is 31.5.